The van der Waals surface area contributed by atoms with E-state index in [1.165, 1.54) is 26.8 Å². The summed E-state index contributed by atoms with van der Waals surface area (Å²) in [5, 5.41) is 6.13. The number of anilines is 9. The summed E-state index contributed by atoms with van der Waals surface area (Å²) in [5.74, 6) is 0. The summed E-state index contributed by atoms with van der Waals surface area (Å²) in [6.45, 7) is 20.4. The van der Waals surface area contributed by atoms with Gasteiger partial charge in [-0.1, -0.05) is 189 Å². The number of rotatable bonds is 10. The molecular weight excluding hydrogens is 942 g/mol. The molecule has 0 bridgehead atoms. The van der Waals surface area contributed by atoms with Gasteiger partial charge in [0.15, 0.2) is 5.58 Å². The molecule has 4 nitrogen and oxygen atoms in total. The van der Waals surface area contributed by atoms with Crippen LogP contribution >= 0.6 is 22.9 Å². The SMILES string of the molecule is CC(C)(C)c1ccc(N(c2ccc(C(C)(C)C)cc2)c2cccc(N(c3cc(-c4ccccc4)cc(N(c4ccccc4)c4csc5ccc(C(C)(C)C)cc45)c3Cl)c3cccc4c3oc3ccccc34)c2)cc1. The molecular formula is C68H62ClN3OS. The Kier molecular flexibility index (Phi) is 12.5. The van der Waals surface area contributed by atoms with Gasteiger partial charge in [-0.3, -0.25) is 0 Å². The summed E-state index contributed by atoms with van der Waals surface area (Å²) in [6, 6.07) is 74.3. The third-order valence-electron chi connectivity index (χ3n) is 14.3. The van der Waals surface area contributed by atoms with Gasteiger partial charge in [-0.05, 0) is 135 Å². The molecule has 0 saturated heterocycles. The van der Waals surface area contributed by atoms with E-state index in [1.54, 1.807) is 11.3 Å². The van der Waals surface area contributed by atoms with Crippen LogP contribution in [0.4, 0.5) is 51.2 Å². The molecule has 0 amide bonds. The molecule has 0 aliphatic rings. The quantitative estimate of drug-likeness (QED) is 0.136. The molecule has 6 heteroatoms. The van der Waals surface area contributed by atoms with Gasteiger partial charge >= 0.3 is 0 Å². The van der Waals surface area contributed by atoms with Crippen molar-refractivity contribution in [3.8, 4) is 11.1 Å². The minimum absolute atomic E-state index is 0.00416. The molecule has 0 saturated carbocycles. The fourth-order valence-electron chi connectivity index (χ4n) is 10.1. The maximum absolute atomic E-state index is 8.29. The van der Waals surface area contributed by atoms with E-state index >= 15 is 0 Å². The average Bonchev–Trinajstić information content (AvgIpc) is 4.00. The molecule has 0 atom stereocenters. The molecule has 2 aromatic heterocycles. The van der Waals surface area contributed by atoms with Crippen molar-refractivity contribution in [1.82, 2.24) is 0 Å². The number of nitrogens with zero attached hydrogens (tertiary/aromatic N) is 3. The first-order chi connectivity index (χ1) is 35.5. The van der Waals surface area contributed by atoms with E-state index in [0.717, 1.165) is 84.3 Å². The van der Waals surface area contributed by atoms with Gasteiger partial charge < -0.3 is 19.1 Å². The van der Waals surface area contributed by atoms with E-state index in [9.17, 15) is 0 Å². The second-order valence-corrected chi connectivity index (χ2v) is 23.8. The Bertz CT molecular complexity index is 3740. The second-order valence-electron chi connectivity index (χ2n) is 22.5. The maximum Gasteiger partial charge on any atom is 0.159 e. The predicted octanol–water partition coefficient (Wildman–Crippen LogP) is 21.4. The van der Waals surface area contributed by atoms with Gasteiger partial charge in [-0.15, -0.1) is 11.3 Å². The van der Waals surface area contributed by atoms with Crippen LogP contribution in [-0.4, -0.2) is 0 Å². The number of furan rings is 1. The summed E-state index contributed by atoms with van der Waals surface area (Å²) < 4.78 is 8.16. The average molecular weight is 1000 g/mol. The van der Waals surface area contributed by atoms with Crippen LogP contribution < -0.4 is 14.7 Å². The van der Waals surface area contributed by atoms with Gasteiger partial charge in [0.1, 0.15) is 5.58 Å². The Morgan fingerprint density at radius 2 is 0.851 bits per heavy atom. The molecule has 368 valence electrons. The van der Waals surface area contributed by atoms with Crippen LogP contribution in [0.15, 0.2) is 216 Å². The zero-order chi connectivity index (χ0) is 51.5. The van der Waals surface area contributed by atoms with Crippen molar-refractivity contribution in [2.45, 2.75) is 78.6 Å². The predicted molar refractivity (Wildman–Crippen MR) is 320 cm³/mol. The Labute approximate surface area is 445 Å². The van der Waals surface area contributed by atoms with Crippen LogP contribution in [0.3, 0.4) is 0 Å². The first-order valence-electron chi connectivity index (χ1n) is 25.6. The summed E-state index contributed by atoms with van der Waals surface area (Å²) in [4.78, 5) is 7.02. The first-order valence-corrected chi connectivity index (χ1v) is 26.8. The number of hydrogen-bond donors (Lipinski definition) is 0. The third kappa shape index (κ3) is 9.25. The van der Waals surface area contributed by atoms with Crippen LogP contribution in [-0.2, 0) is 16.2 Å². The zero-order valence-corrected chi connectivity index (χ0v) is 45.3. The highest BCUT2D eigenvalue weighted by Crippen LogP contribution is 2.53. The van der Waals surface area contributed by atoms with Gasteiger partial charge in [-0.25, -0.2) is 0 Å². The lowest BCUT2D eigenvalue weighted by molar-refractivity contribution is 0.590. The Hall–Kier alpha value is -7.57. The highest BCUT2D eigenvalue weighted by atomic mass is 35.5. The van der Waals surface area contributed by atoms with Crippen molar-refractivity contribution >= 4 is 106 Å². The monoisotopic (exact) mass is 1000 g/mol. The third-order valence-corrected chi connectivity index (χ3v) is 15.6. The molecule has 0 N–H and O–H groups in total. The van der Waals surface area contributed by atoms with Crippen LogP contribution in [0.5, 0.6) is 0 Å². The fraction of sp³-hybridized carbons (Fsp3) is 0.176. The molecule has 0 radical (unpaired) electrons. The molecule has 0 fully saturated rings. The summed E-state index contributed by atoms with van der Waals surface area (Å²) in [6.07, 6.45) is 0. The maximum atomic E-state index is 8.29. The Morgan fingerprint density at radius 3 is 1.46 bits per heavy atom. The highest BCUT2D eigenvalue weighted by molar-refractivity contribution is 7.17. The van der Waals surface area contributed by atoms with Gasteiger partial charge in [0.05, 0.1) is 27.8 Å². The van der Waals surface area contributed by atoms with Crippen molar-refractivity contribution in [3.63, 3.8) is 0 Å². The van der Waals surface area contributed by atoms with Gasteiger partial charge in [-0.2, -0.15) is 0 Å². The van der Waals surface area contributed by atoms with Crippen molar-refractivity contribution in [2.75, 3.05) is 14.7 Å². The summed E-state index contributed by atoms with van der Waals surface area (Å²) >= 11 is 10.0. The minimum Gasteiger partial charge on any atom is -0.454 e. The molecule has 2 heterocycles. The molecule has 11 rings (SSSR count). The number of thiophene rings is 1. The number of para-hydroxylation sites is 3. The molecule has 9 aromatic carbocycles. The van der Waals surface area contributed by atoms with Gasteiger partial charge in [0.25, 0.3) is 0 Å². The highest BCUT2D eigenvalue weighted by Gasteiger charge is 2.29. The van der Waals surface area contributed by atoms with Crippen LogP contribution in [0, 0.1) is 0 Å². The van der Waals surface area contributed by atoms with E-state index in [4.69, 9.17) is 16.0 Å². The van der Waals surface area contributed by atoms with Crippen LogP contribution in [0.25, 0.3) is 43.2 Å². The van der Waals surface area contributed by atoms with Gasteiger partial charge in [0.2, 0.25) is 0 Å². The molecule has 11 aromatic rings. The largest absolute Gasteiger partial charge is 0.454 e. The summed E-state index contributed by atoms with van der Waals surface area (Å²) in [7, 11) is 0. The van der Waals surface area contributed by atoms with Crippen LogP contribution in [0.1, 0.15) is 79.0 Å². The van der Waals surface area contributed by atoms with E-state index in [-0.39, 0.29) is 16.2 Å². The smallest absolute Gasteiger partial charge is 0.159 e. The van der Waals surface area contributed by atoms with Crippen LogP contribution in [0.2, 0.25) is 5.02 Å². The van der Waals surface area contributed by atoms with Crippen molar-refractivity contribution in [3.05, 3.63) is 233 Å². The summed E-state index contributed by atoms with van der Waals surface area (Å²) in [5.41, 5.74) is 16.1. The lowest BCUT2D eigenvalue weighted by Gasteiger charge is -2.33. The van der Waals surface area contributed by atoms with E-state index in [2.05, 4.69) is 277 Å². The molecule has 74 heavy (non-hydrogen) atoms. The lowest BCUT2D eigenvalue weighted by Crippen LogP contribution is -2.16. The van der Waals surface area contributed by atoms with E-state index in [1.807, 2.05) is 12.1 Å². The standard InChI is InChI=1S/C68H62ClN3OS/c1-66(2,3)47-30-35-51(36-31-47)70(52-37-32-48(33-38-52)67(4,5)6)53-24-18-25-54(43-53)72(58-28-19-27-56-55-26-16-17-29-62(55)73-65(56)58)60-41-46(45-20-12-10-13-21-45)40-59(64(60)69)71(50-22-14-11-15-23-50)61-44-74-63-39-34-49(42-57(61)63)68(7,8)9/h10-44H,1-9H3. The Morgan fingerprint density at radius 1 is 0.365 bits per heavy atom. The topological polar surface area (TPSA) is 22.9 Å². The Balaban J connectivity index is 1.19. The van der Waals surface area contributed by atoms with Gasteiger partial charge in [0, 0.05) is 54.7 Å². The second kappa shape index (κ2) is 19.0. The molecule has 0 aliphatic heterocycles. The number of hydrogen-bond acceptors (Lipinski definition) is 5. The fourth-order valence-corrected chi connectivity index (χ4v) is 11.3. The molecule has 0 unspecified atom stereocenters. The molecule has 0 spiro atoms. The van der Waals surface area contributed by atoms with Crippen molar-refractivity contribution in [2.24, 2.45) is 0 Å². The number of benzene rings is 9. The number of fused-ring (bicyclic) bond motifs is 4. The zero-order valence-electron chi connectivity index (χ0n) is 43.7. The first kappa shape index (κ1) is 48.7. The van der Waals surface area contributed by atoms with Crippen molar-refractivity contribution in [1.29, 1.82) is 0 Å². The lowest BCUT2D eigenvalue weighted by atomic mass is 9.86. The number of halogens is 1. The van der Waals surface area contributed by atoms with E-state index < -0.39 is 0 Å². The van der Waals surface area contributed by atoms with Crippen molar-refractivity contribution < 1.29 is 4.42 Å². The molecule has 0 aliphatic carbocycles. The van der Waals surface area contributed by atoms with E-state index in [0.29, 0.717) is 5.02 Å². The normalized spacial score (nSPS) is 12.2. The minimum atomic E-state index is -0.0446.